The number of fused-ring (bicyclic) bond motifs is 1. The molecule has 1 unspecified atom stereocenters. The van der Waals surface area contributed by atoms with Gasteiger partial charge >= 0.3 is 5.97 Å². The Bertz CT molecular complexity index is 1650. The van der Waals surface area contributed by atoms with Gasteiger partial charge in [-0.25, -0.2) is 14.5 Å². The molecule has 1 atom stereocenters. The Morgan fingerprint density at radius 3 is 2.40 bits per heavy atom. The Kier molecular flexibility index (Phi) is 6.00. The number of hydrogen-bond acceptors (Lipinski definition) is 6. The van der Waals surface area contributed by atoms with Crippen LogP contribution in [0.15, 0.2) is 81.7 Å². The van der Waals surface area contributed by atoms with Crippen LogP contribution in [0.1, 0.15) is 29.8 Å². The molecule has 0 aliphatic carbocycles. The number of thiazole rings is 1. The van der Waals surface area contributed by atoms with E-state index in [1.54, 1.807) is 22.2 Å². The standard InChI is InChI=1S/C26H21ClN4O3S/c1-15-19(23(27)31(29-15)18-12-8-5-9-13-18)14-20-24(32)30-22(17-10-6-4-7-11-17)21(25(33)34-3)16(2)28-26(30)35-20/h4-14,22H,1-3H3/b20-14+. The first-order valence-corrected chi connectivity index (χ1v) is 12.1. The zero-order valence-corrected chi connectivity index (χ0v) is 20.8. The van der Waals surface area contributed by atoms with Crippen molar-refractivity contribution in [3.8, 4) is 5.69 Å². The maximum atomic E-state index is 13.7. The highest BCUT2D eigenvalue weighted by Gasteiger charge is 2.33. The second kappa shape index (κ2) is 9.13. The summed E-state index contributed by atoms with van der Waals surface area (Å²) in [5.74, 6) is -0.516. The summed E-state index contributed by atoms with van der Waals surface area (Å²) in [7, 11) is 1.32. The number of halogens is 1. The fourth-order valence-corrected chi connectivity index (χ4v) is 5.54. The van der Waals surface area contributed by atoms with E-state index in [9.17, 15) is 9.59 Å². The Morgan fingerprint density at radius 2 is 1.74 bits per heavy atom. The molecule has 176 valence electrons. The highest BCUT2D eigenvalue weighted by atomic mass is 35.5. The van der Waals surface area contributed by atoms with Crippen molar-refractivity contribution in [2.24, 2.45) is 4.99 Å². The number of methoxy groups -OCH3 is 1. The van der Waals surface area contributed by atoms with Gasteiger partial charge in [-0.2, -0.15) is 5.10 Å². The van der Waals surface area contributed by atoms with E-state index in [2.05, 4.69) is 10.1 Å². The van der Waals surface area contributed by atoms with Crippen LogP contribution in [0.25, 0.3) is 11.8 Å². The minimum atomic E-state index is -0.648. The van der Waals surface area contributed by atoms with E-state index < -0.39 is 12.0 Å². The van der Waals surface area contributed by atoms with Crippen molar-refractivity contribution >= 4 is 35.0 Å². The molecular formula is C26H21ClN4O3S. The van der Waals surface area contributed by atoms with Crippen molar-refractivity contribution in [2.75, 3.05) is 7.11 Å². The molecule has 7 nitrogen and oxygen atoms in total. The lowest BCUT2D eigenvalue weighted by molar-refractivity contribution is -0.136. The summed E-state index contributed by atoms with van der Waals surface area (Å²) in [5, 5.41) is 4.97. The minimum absolute atomic E-state index is 0.264. The number of aryl methyl sites for hydroxylation is 1. The highest BCUT2D eigenvalue weighted by molar-refractivity contribution is 7.07. The summed E-state index contributed by atoms with van der Waals surface area (Å²) in [5.41, 5.74) is 3.55. The Balaban J connectivity index is 1.72. The second-order valence-corrected chi connectivity index (χ2v) is 9.39. The zero-order chi connectivity index (χ0) is 24.7. The smallest absolute Gasteiger partial charge is 0.338 e. The number of rotatable bonds is 4. The molecule has 0 saturated heterocycles. The van der Waals surface area contributed by atoms with Gasteiger partial charge in [0.15, 0.2) is 4.80 Å². The van der Waals surface area contributed by atoms with Crippen molar-refractivity contribution < 1.29 is 9.53 Å². The van der Waals surface area contributed by atoms with Crippen LogP contribution in [-0.2, 0) is 9.53 Å². The molecule has 2 aromatic heterocycles. The van der Waals surface area contributed by atoms with Crippen molar-refractivity contribution in [1.29, 1.82) is 0 Å². The predicted molar refractivity (Wildman–Crippen MR) is 136 cm³/mol. The lowest BCUT2D eigenvalue weighted by Crippen LogP contribution is -2.39. The van der Waals surface area contributed by atoms with Crippen LogP contribution in [-0.4, -0.2) is 27.4 Å². The van der Waals surface area contributed by atoms with Crippen LogP contribution in [0.5, 0.6) is 0 Å². The SMILES string of the molecule is COC(=O)C1=C(C)N=c2s/c(=C/c3c(C)nn(-c4ccccc4)c3Cl)c(=O)n2C1c1ccccc1. The molecule has 3 heterocycles. The maximum Gasteiger partial charge on any atom is 0.338 e. The van der Waals surface area contributed by atoms with Crippen LogP contribution in [0.3, 0.4) is 0 Å². The van der Waals surface area contributed by atoms with Crippen LogP contribution in [0, 0.1) is 6.92 Å². The molecule has 0 saturated carbocycles. The van der Waals surface area contributed by atoms with E-state index in [0.29, 0.717) is 37.0 Å². The van der Waals surface area contributed by atoms with E-state index >= 15 is 0 Å². The van der Waals surface area contributed by atoms with Gasteiger partial charge < -0.3 is 4.74 Å². The average Bonchev–Trinajstić information content (AvgIpc) is 3.34. The van der Waals surface area contributed by atoms with Crippen LogP contribution < -0.4 is 14.9 Å². The van der Waals surface area contributed by atoms with Crippen molar-refractivity contribution in [2.45, 2.75) is 19.9 Å². The summed E-state index contributed by atoms with van der Waals surface area (Å²) in [6, 6.07) is 18.3. The van der Waals surface area contributed by atoms with Gasteiger partial charge in [-0.15, -0.1) is 0 Å². The molecule has 0 amide bonds. The summed E-state index contributed by atoms with van der Waals surface area (Å²) < 4.78 is 8.68. The first-order valence-electron chi connectivity index (χ1n) is 10.9. The molecule has 4 aromatic rings. The van der Waals surface area contributed by atoms with Crippen LogP contribution in [0.4, 0.5) is 0 Å². The molecule has 5 rings (SSSR count). The molecule has 1 aliphatic heterocycles. The topological polar surface area (TPSA) is 78.5 Å². The van der Waals surface area contributed by atoms with Gasteiger partial charge in [0.1, 0.15) is 5.15 Å². The third kappa shape index (κ3) is 3.94. The second-order valence-electron chi connectivity index (χ2n) is 8.02. The molecule has 2 aromatic carbocycles. The predicted octanol–water partition coefficient (Wildman–Crippen LogP) is 3.56. The quantitative estimate of drug-likeness (QED) is 0.398. The van der Waals surface area contributed by atoms with E-state index in [0.717, 1.165) is 11.3 Å². The minimum Gasteiger partial charge on any atom is -0.466 e. The number of carbonyl (C=O) groups excluding carboxylic acids is 1. The number of hydrogen-bond donors (Lipinski definition) is 0. The highest BCUT2D eigenvalue weighted by Crippen LogP contribution is 2.30. The number of benzene rings is 2. The summed E-state index contributed by atoms with van der Waals surface area (Å²) in [4.78, 5) is 31.5. The summed E-state index contributed by atoms with van der Waals surface area (Å²) in [6.07, 6.45) is 1.74. The molecule has 0 radical (unpaired) electrons. The first-order chi connectivity index (χ1) is 16.9. The molecule has 0 bridgehead atoms. The first kappa shape index (κ1) is 23.0. The van der Waals surface area contributed by atoms with E-state index in [4.69, 9.17) is 16.3 Å². The normalized spacial score (nSPS) is 15.7. The van der Waals surface area contributed by atoms with Gasteiger partial charge in [0.25, 0.3) is 5.56 Å². The number of para-hydroxylation sites is 1. The number of aromatic nitrogens is 3. The largest absolute Gasteiger partial charge is 0.466 e. The molecular weight excluding hydrogens is 484 g/mol. The van der Waals surface area contributed by atoms with Crippen molar-refractivity contribution in [1.82, 2.24) is 14.3 Å². The number of carbonyl (C=O) groups is 1. The summed E-state index contributed by atoms with van der Waals surface area (Å²) in [6.45, 7) is 3.60. The molecule has 9 heteroatoms. The van der Waals surface area contributed by atoms with E-state index in [-0.39, 0.29) is 5.56 Å². The Hall–Kier alpha value is -3.75. The van der Waals surface area contributed by atoms with Crippen molar-refractivity contribution in [3.05, 3.63) is 114 Å². The third-order valence-electron chi connectivity index (χ3n) is 5.87. The van der Waals surface area contributed by atoms with Gasteiger partial charge in [0.05, 0.1) is 40.3 Å². The van der Waals surface area contributed by atoms with Gasteiger partial charge in [-0.3, -0.25) is 9.36 Å². The van der Waals surface area contributed by atoms with Gasteiger partial charge in [0.2, 0.25) is 0 Å². The molecule has 0 fully saturated rings. The number of esters is 1. The lowest BCUT2D eigenvalue weighted by atomic mass is 9.96. The average molecular weight is 505 g/mol. The van der Waals surface area contributed by atoms with E-state index in [1.807, 2.05) is 67.6 Å². The molecule has 1 aliphatic rings. The van der Waals surface area contributed by atoms with Crippen molar-refractivity contribution in [3.63, 3.8) is 0 Å². The lowest BCUT2D eigenvalue weighted by Gasteiger charge is -2.24. The van der Waals surface area contributed by atoms with E-state index in [1.165, 1.54) is 18.4 Å². The van der Waals surface area contributed by atoms with Crippen LogP contribution in [0.2, 0.25) is 5.15 Å². The maximum absolute atomic E-state index is 13.7. The third-order valence-corrected chi connectivity index (χ3v) is 7.21. The van der Waals surface area contributed by atoms with Crippen LogP contribution >= 0.6 is 22.9 Å². The zero-order valence-electron chi connectivity index (χ0n) is 19.2. The Morgan fingerprint density at radius 1 is 1.09 bits per heavy atom. The van der Waals surface area contributed by atoms with Gasteiger partial charge in [-0.05, 0) is 37.6 Å². The Labute approximate surface area is 209 Å². The number of ether oxygens (including phenoxy) is 1. The van der Waals surface area contributed by atoms with Gasteiger partial charge in [-0.1, -0.05) is 71.5 Å². The fourth-order valence-electron chi connectivity index (χ4n) is 4.19. The number of allylic oxidation sites excluding steroid dienone is 1. The van der Waals surface area contributed by atoms with Gasteiger partial charge in [0, 0.05) is 5.56 Å². The summed E-state index contributed by atoms with van der Waals surface area (Å²) >= 11 is 7.95. The molecule has 0 spiro atoms. The molecule has 35 heavy (non-hydrogen) atoms. The fraction of sp³-hybridized carbons (Fsp3) is 0.154. The monoisotopic (exact) mass is 504 g/mol. The number of nitrogens with zero attached hydrogens (tertiary/aromatic N) is 4. The molecule has 0 N–H and O–H groups in total.